The van der Waals surface area contributed by atoms with Crippen molar-refractivity contribution >= 4 is 23.7 Å². The minimum atomic E-state index is -0.205. The third kappa shape index (κ3) is 3.56. The fourth-order valence-electron chi connectivity index (χ4n) is 2.00. The Balaban J connectivity index is 1.55. The molecule has 0 aromatic heterocycles. The van der Waals surface area contributed by atoms with Crippen LogP contribution in [0.4, 0.5) is 0 Å². The molecule has 2 aromatic rings. The Morgan fingerprint density at radius 1 is 1.18 bits per heavy atom. The number of ether oxygens (including phenoxy) is 2. The van der Waals surface area contributed by atoms with E-state index in [-0.39, 0.29) is 19.1 Å². The van der Waals surface area contributed by atoms with E-state index in [1.54, 1.807) is 30.5 Å². The maximum Gasteiger partial charge on any atom is 0.244 e. The summed E-state index contributed by atoms with van der Waals surface area (Å²) in [5.74, 6) is 1.16. The van der Waals surface area contributed by atoms with Gasteiger partial charge in [0.1, 0.15) is 0 Å². The summed E-state index contributed by atoms with van der Waals surface area (Å²) in [5.41, 5.74) is 4.18. The number of fused-ring (bicyclic) bond motifs is 1. The van der Waals surface area contributed by atoms with Gasteiger partial charge in [0.15, 0.2) is 11.5 Å². The number of rotatable bonds is 4. The number of hydrogen-bond donors (Lipinski definition) is 1. The highest BCUT2D eigenvalue weighted by Gasteiger charge is 2.14. The minimum absolute atomic E-state index is 0.205. The number of benzene rings is 2. The highest BCUT2D eigenvalue weighted by molar-refractivity contribution is 6.30. The van der Waals surface area contributed by atoms with Crippen molar-refractivity contribution in [1.82, 2.24) is 5.43 Å². The van der Waals surface area contributed by atoms with Crippen molar-refractivity contribution in [2.45, 2.75) is 6.42 Å². The zero-order chi connectivity index (χ0) is 15.4. The van der Waals surface area contributed by atoms with Crippen LogP contribution in [0, 0.1) is 0 Å². The van der Waals surface area contributed by atoms with E-state index in [1.807, 2.05) is 18.2 Å². The van der Waals surface area contributed by atoms with Gasteiger partial charge in [-0.25, -0.2) is 5.43 Å². The molecule has 2 aromatic carbocycles. The molecule has 5 nitrogen and oxygen atoms in total. The fraction of sp³-hybridized carbons (Fsp3) is 0.125. The van der Waals surface area contributed by atoms with E-state index in [1.165, 1.54) is 0 Å². The normalized spacial score (nSPS) is 12.6. The van der Waals surface area contributed by atoms with Crippen molar-refractivity contribution < 1.29 is 14.3 Å². The number of carbonyl (C=O) groups excluding carboxylic acids is 1. The summed E-state index contributed by atoms with van der Waals surface area (Å²) in [7, 11) is 0. The molecule has 0 atom stereocenters. The molecule has 0 saturated carbocycles. The summed E-state index contributed by atoms with van der Waals surface area (Å²) in [6.45, 7) is 0.219. The lowest BCUT2D eigenvalue weighted by Gasteiger charge is -2.02. The number of nitrogens with one attached hydrogen (secondary N) is 1. The third-order valence-electron chi connectivity index (χ3n) is 3.07. The van der Waals surface area contributed by atoms with Crippen LogP contribution < -0.4 is 14.9 Å². The van der Waals surface area contributed by atoms with Crippen LogP contribution in [0.1, 0.15) is 11.1 Å². The first kappa shape index (κ1) is 14.4. The average Bonchev–Trinajstić information content (AvgIpc) is 2.97. The van der Waals surface area contributed by atoms with Crippen molar-refractivity contribution in [3.05, 3.63) is 58.6 Å². The lowest BCUT2D eigenvalue weighted by atomic mass is 10.1. The number of carbonyl (C=O) groups is 1. The van der Waals surface area contributed by atoms with E-state index in [2.05, 4.69) is 10.5 Å². The van der Waals surface area contributed by atoms with Crippen LogP contribution in [0.25, 0.3) is 0 Å². The van der Waals surface area contributed by atoms with Gasteiger partial charge in [0, 0.05) is 5.02 Å². The second-order valence-corrected chi connectivity index (χ2v) is 5.15. The quantitative estimate of drug-likeness (QED) is 0.697. The number of amides is 1. The molecule has 1 N–H and O–H groups in total. The fourth-order valence-corrected chi connectivity index (χ4v) is 2.13. The van der Waals surface area contributed by atoms with Crippen molar-refractivity contribution in [2.75, 3.05) is 6.79 Å². The van der Waals surface area contributed by atoms with E-state index < -0.39 is 0 Å². The predicted molar refractivity (Wildman–Crippen MR) is 83.5 cm³/mol. The molecule has 1 aliphatic heterocycles. The molecule has 0 aliphatic carbocycles. The second-order valence-electron chi connectivity index (χ2n) is 4.71. The molecular formula is C16H13ClN2O3. The molecule has 0 bridgehead atoms. The van der Waals surface area contributed by atoms with E-state index in [4.69, 9.17) is 21.1 Å². The first-order valence-corrected chi connectivity index (χ1v) is 7.04. The van der Waals surface area contributed by atoms with Gasteiger partial charge in [-0.3, -0.25) is 4.79 Å². The van der Waals surface area contributed by atoms with Crippen molar-refractivity contribution in [3.63, 3.8) is 0 Å². The van der Waals surface area contributed by atoms with E-state index >= 15 is 0 Å². The van der Waals surface area contributed by atoms with Crippen LogP contribution in [0.5, 0.6) is 11.5 Å². The zero-order valence-electron chi connectivity index (χ0n) is 11.6. The van der Waals surface area contributed by atoms with E-state index in [9.17, 15) is 4.79 Å². The molecule has 0 radical (unpaired) electrons. The van der Waals surface area contributed by atoms with E-state index in [0.717, 1.165) is 11.1 Å². The molecule has 0 fully saturated rings. The van der Waals surface area contributed by atoms with Crippen LogP contribution in [0.15, 0.2) is 47.6 Å². The van der Waals surface area contributed by atoms with Crippen molar-refractivity contribution in [3.8, 4) is 11.5 Å². The molecule has 1 aliphatic rings. The van der Waals surface area contributed by atoms with Gasteiger partial charge >= 0.3 is 0 Å². The van der Waals surface area contributed by atoms with Gasteiger partial charge in [-0.2, -0.15) is 5.10 Å². The summed E-state index contributed by atoms with van der Waals surface area (Å²) in [6.07, 6.45) is 1.78. The van der Waals surface area contributed by atoms with Crippen molar-refractivity contribution in [1.29, 1.82) is 0 Å². The summed E-state index contributed by atoms with van der Waals surface area (Å²) >= 11 is 5.79. The Morgan fingerprint density at radius 3 is 2.77 bits per heavy atom. The highest BCUT2D eigenvalue weighted by Crippen LogP contribution is 2.32. The molecule has 1 heterocycles. The van der Waals surface area contributed by atoms with Crippen molar-refractivity contribution in [2.24, 2.45) is 5.10 Å². The Labute approximate surface area is 132 Å². The maximum atomic E-state index is 11.8. The molecule has 3 rings (SSSR count). The van der Waals surface area contributed by atoms with Gasteiger partial charge in [-0.15, -0.1) is 0 Å². The number of hydrazone groups is 1. The van der Waals surface area contributed by atoms with Crippen LogP contribution in [0.3, 0.4) is 0 Å². The SMILES string of the molecule is O=C(Cc1ccc2c(c1)OCO2)N/N=C\c1ccc(Cl)cc1. The second kappa shape index (κ2) is 6.49. The Morgan fingerprint density at radius 2 is 1.95 bits per heavy atom. The minimum Gasteiger partial charge on any atom is -0.454 e. The summed E-state index contributed by atoms with van der Waals surface area (Å²) in [5, 5.41) is 4.57. The van der Waals surface area contributed by atoms with Crippen LogP contribution in [-0.4, -0.2) is 18.9 Å². The maximum absolute atomic E-state index is 11.8. The standard InChI is InChI=1S/C16H13ClN2O3/c17-13-4-1-11(2-5-13)9-18-19-16(20)8-12-3-6-14-15(7-12)22-10-21-14/h1-7,9H,8,10H2,(H,19,20)/b18-9-. The number of nitrogens with zero attached hydrogens (tertiary/aromatic N) is 1. The summed E-state index contributed by atoms with van der Waals surface area (Å²) in [6, 6.07) is 12.6. The lowest BCUT2D eigenvalue weighted by Crippen LogP contribution is -2.19. The summed E-state index contributed by atoms with van der Waals surface area (Å²) < 4.78 is 10.5. The Kier molecular flexibility index (Phi) is 4.25. The van der Waals surface area contributed by atoms with Crippen LogP contribution >= 0.6 is 11.6 Å². The molecule has 112 valence electrons. The first-order valence-electron chi connectivity index (χ1n) is 6.67. The van der Waals surface area contributed by atoms with Gasteiger partial charge in [-0.1, -0.05) is 29.8 Å². The molecule has 0 unspecified atom stereocenters. The van der Waals surface area contributed by atoms with Gasteiger partial charge in [-0.05, 0) is 35.4 Å². The highest BCUT2D eigenvalue weighted by atomic mass is 35.5. The van der Waals surface area contributed by atoms with Crippen LogP contribution in [0.2, 0.25) is 5.02 Å². The Hall–Kier alpha value is -2.53. The smallest absolute Gasteiger partial charge is 0.244 e. The number of halogens is 1. The number of hydrogen-bond acceptors (Lipinski definition) is 4. The largest absolute Gasteiger partial charge is 0.454 e. The molecule has 0 spiro atoms. The Bertz CT molecular complexity index is 714. The molecular weight excluding hydrogens is 304 g/mol. The average molecular weight is 317 g/mol. The molecule has 6 heteroatoms. The lowest BCUT2D eigenvalue weighted by molar-refractivity contribution is -0.120. The van der Waals surface area contributed by atoms with E-state index in [0.29, 0.717) is 16.5 Å². The molecule has 22 heavy (non-hydrogen) atoms. The first-order chi connectivity index (χ1) is 10.7. The van der Waals surface area contributed by atoms with Gasteiger partial charge in [0.25, 0.3) is 0 Å². The van der Waals surface area contributed by atoms with Crippen LogP contribution in [-0.2, 0) is 11.2 Å². The predicted octanol–water partition coefficient (Wildman–Crippen LogP) is 2.76. The molecule has 0 saturated heterocycles. The topological polar surface area (TPSA) is 59.9 Å². The summed E-state index contributed by atoms with van der Waals surface area (Å²) in [4.78, 5) is 11.8. The third-order valence-corrected chi connectivity index (χ3v) is 3.33. The van der Waals surface area contributed by atoms with Gasteiger partial charge < -0.3 is 9.47 Å². The zero-order valence-corrected chi connectivity index (χ0v) is 12.3. The van der Waals surface area contributed by atoms with Gasteiger partial charge in [0.05, 0.1) is 12.6 Å². The monoisotopic (exact) mass is 316 g/mol. The van der Waals surface area contributed by atoms with Gasteiger partial charge in [0.2, 0.25) is 12.7 Å². The molecule has 1 amide bonds.